The molecule has 2 saturated heterocycles. The van der Waals surface area contributed by atoms with E-state index in [0.29, 0.717) is 39.1 Å². The van der Waals surface area contributed by atoms with Gasteiger partial charge in [-0.3, -0.25) is 4.79 Å². The van der Waals surface area contributed by atoms with Crippen LogP contribution in [0.3, 0.4) is 0 Å². The number of hydrogen-bond acceptors (Lipinski definition) is 6. The fourth-order valence-electron chi connectivity index (χ4n) is 3.74. The first-order valence-electron chi connectivity index (χ1n) is 9.28. The summed E-state index contributed by atoms with van der Waals surface area (Å²) in [5.41, 5.74) is 1.01. The quantitative estimate of drug-likeness (QED) is 0.765. The first kappa shape index (κ1) is 18.9. The van der Waals surface area contributed by atoms with Crippen molar-refractivity contribution in [1.29, 1.82) is 0 Å². The van der Waals surface area contributed by atoms with Gasteiger partial charge in [-0.1, -0.05) is 5.16 Å². The number of ether oxygens (including phenoxy) is 3. The molecule has 1 unspecified atom stereocenters. The van der Waals surface area contributed by atoms with Crippen molar-refractivity contribution in [3.8, 4) is 11.5 Å². The molecule has 7 nitrogen and oxygen atoms in total. The number of halogens is 2. The highest BCUT2D eigenvalue weighted by Gasteiger charge is 2.43. The first-order chi connectivity index (χ1) is 13.4. The predicted octanol–water partition coefficient (Wildman–Crippen LogP) is 2.57. The van der Waals surface area contributed by atoms with Crippen LogP contribution in [0.15, 0.2) is 23.4 Å². The van der Waals surface area contributed by atoms with Crippen molar-refractivity contribution in [3.05, 3.63) is 23.8 Å². The number of nitrogens with zero attached hydrogens (tertiary/aromatic N) is 2. The Balaban J connectivity index is 1.53. The molecule has 2 fully saturated rings. The Hall–Kier alpha value is -2.42. The van der Waals surface area contributed by atoms with E-state index in [-0.39, 0.29) is 23.5 Å². The van der Waals surface area contributed by atoms with Gasteiger partial charge < -0.3 is 23.9 Å². The molecule has 0 aliphatic carbocycles. The van der Waals surface area contributed by atoms with Crippen molar-refractivity contribution in [2.24, 2.45) is 5.16 Å². The van der Waals surface area contributed by atoms with E-state index in [0.717, 1.165) is 17.7 Å². The summed E-state index contributed by atoms with van der Waals surface area (Å²) in [6.45, 7) is 0.642. The SMILES string of the molecule is CC(=O)N1CC[C@H](Oc2cc(C3=NOC4(CCOC4)C3)ccc2OC(F)F)C1. The molecule has 0 bridgehead atoms. The van der Waals surface area contributed by atoms with Gasteiger partial charge in [-0.25, -0.2) is 0 Å². The van der Waals surface area contributed by atoms with E-state index in [2.05, 4.69) is 9.89 Å². The van der Waals surface area contributed by atoms with E-state index >= 15 is 0 Å². The number of rotatable bonds is 5. The lowest BCUT2D eigenvalue weighted by Crippen LogP contribution is -2.29. The highest BCUT2D eigenvalue weighted by atomic mass is 19.3. The van der Waals surface area contributed by atoms with Crippen molar-refractivity contribution < 1.29 is 32.6 Å². The van der Waals surface area contributed by atoms with Gasteiger partial charge in [0.1, 0.15) is 6.10 Å². The van der Waals surface area contributed by atoms with E-state index in [4.69, 9.17) is 14.3 Å². The number of alkyl halides is 2. The molecule has 3 aliphatic rings. The standard InChI is InChI=1S/C19H22F2N2O5/c1-12(24)23-6-4-14(10-23)26-17-8-13(2-3-16(17)27-18(20)21)15-9-19(28-22-15)5-7-25-11-19/h2-3,8,14,18H,4-7,9-11H2,1H3/t14-,19?/m0/s1. The van der Waals surface area contributed by atoms with Crippen molar-refractivity contribution in [2.75, 3.05) is 26.3 Å². The molecule has 0 aromatic heterocycles. The molecule has 1 aromatic carbocycles. The molecule has 1 aromatic rings. The second kappa shape index (κ2) is 7.54. The average Bonchev–Trinajstić information content (AvgIpc) is 3.39. The molecule has 3 aliphatic heterocycles. The van der Waals surface area contributed by atoms with Gasteiger partial charge >= 0.3 is 6.61 Å². The van der Waals surface area contributed by atoms with Gasteiger partial charge in [-0.2, -0.15) is 8.78 Å². The maximum Gasteiger partial charge on any atom is 0.387 e. The number of hydrogen-bond donors (Lipinski definition) is 0. The Morgan fingerprint density at radius 2 is 2.25 bits per heavy atom. The van der Waals surface area contributed by atoms with Gasteiger partial charge in [0.2, 0.25) is 5.91 Å². The molecule has 28 heavy (non-hydrogen) atoms. The minimum Gasteiger partial charge on any atom is -0.485 e. The van der Waals surface area contributed by atoms with Crippen LogP contribution in [0.1, 0.15) is 31.7 Å². The monoisotopic (exact) mass is 396 g/mol. The van der Waals surface area contributed by atoms with E-state index in [1.54, 1.807) is 17.0 Å². The van der Waals surface area contributed by atoms with Crippen molar-refractivity contribution in [2.45, 2.75) is 44.5 Å². The summed E-state index contributed by atoms with van der Waals surface area (Å²) in [6, 6.07) is 4.76. The third kappa shape index (κ3) is 3.89. The maximum absolute atomic E-state index is 12.8. The Morgan fingerprint density at radius 1 is 1.39 bits per heavy atom. The summed E-state index contributed by atoms with van der Waals surface area (Å²) < 4.78 is 41.5. The number of carbonyl (C=O) groups is 1. The molecule has 0 N–H and O–H groups in total. The normalized spacial score (nSPS) is 26.6. The van der Waals surface area contributed by atoms with Crippen LogP contribution >= 0.6 is 0 Å². The van der Waals surface area contributed by atoms with Crippen LogP contribution in [0.2, 0.25) is 0 Å². The van der Waals surface area contributed by atoms with Crippen LogP contribution in [-0.4, -0.2) is 61.1 Å². The Bertz CT molecular complexity index is 780. The minimum atomic E-state index is -2.96. The van der Waals surface area contributed by atoms with Gasteiger partial charge in [0.25, 0.3) is 0 Å². The molecule has 2 atom stereocenters. The molecule has 3 heterocycles. The lowest BCUT2D eigenvalue weighted by Gasteiger charge is -2.19. The molecule has 1 spiro atoms. The van der Waals surface area contributed by atoms with Gasteiger partial charge in [-0.15, -0.1) is 0 Å². The summed E-state index contributed by atoms with van der Waals surface area (Å²) in [7, 11) is 0. The topological polar surface area (TPSA) is 69.6 Å². The van der Waals surface area contributed by atoms with Gasteiger partial charge in [0, 0.05) is 38.3 Å². The minimum absolute atomic E-state index is 0.0366. The smallest absolute Gasteiger partial charge is 0.387 e. The lowest BCUT2D eigenvalue weighted by atomic mass is 9.93. The molecule has 0 saturated carbocycles. The van der Waals surface area contributed by atoms with E-state index in [1.165, 1.54) is 13.0 Å². The van der Waals surface area contributed by atoms with Gasteiger partial charge in [-0.05, 0) is 18.2 Å². The third-order valence-corrected chi connectivity index (χ3v) is 5.28. The number of benzene rings is 1. The van der Waals surface area contributed by atoms with Crippen LogP contribution in [0.25, 0.3) is 0 Å². The Kier molecular flexibility index (Phi) is 5.09. The predicted molar refractivity (Wildman–Crippen MR) is 94.8 cm³/mol. The van der Waals surface area contributed by atoms with Crippen LogP contribution in [0.5, 0.6) is 11.5 Å². The Morgan fingerprint density at radius 3 is 2.93 bits per heavy atom. The summed E-state index contributed by atoms with van der Waals surface area (Å²) in [5.74, 6) is 0.128. The van der Waals surface area contributed by atoms with Gasteiger partial charge in [0.05, 0.1) is 25.5 Å². The maximum atomic E-state index is 12.8. The number of carbonyl (C=O) groups excluding carboxylic acids is 1. The number of oxime groups is 1. The zero-order chi connectivity index (χ0) is 19.7. The highest BCUT2D eigenvalue weighted by molar-refractivity contribution is 6.02. The molecule has 9 heteroatoms. The summed E-state index contributed by atoms with van der Waals surface area (Å²) in [6.07, 6.45) is 1.69. The fourth-order valence-corrected chi connectivity index (χ4v) is 3.74. The van der Waals surface area contributed by atoms with E-state index in [9.17, 15) is 13.6 Å². The van der Waals surface area contributed by atoms with E-state index in [1.807, 2.05) is 0 Å². The van der Waals surface area contributed by atoms with Crippen LogP contribution in [0, 0.1) is 0 Å². The average molecular weight is 396 g/mol. The molecule has 152 valence electrons. The molecular weight excluding hydrogens is 374 g/mol. The largest absolute Gasteiger partial charge is 0.485 e. The Labute approximate surface area is 161 Å². The number of likely N-dealkylation sites (tertiary alicyclic amines) is 1. The zero-order valence-electron chi connectivity index (χ0n) is 15.5. The van der Waals surface area contributed by atoms with Crippen LogP contribution < -0.4 is 9.47 Å². The molecular formula is C19H22F2N2O5. The third-order valence-electron chi connectivity index (χ3n) is 5.28. The highest BCUT2D eigenvalue weighted by Crippen LogP contribution is 2.37. The number of amides is 1. The first-order valence-corrected chi connectivity index (χ1v) is 9.28. The van der Waals surface area contributed by atoms with Gasteiger partial charge in [0.15, 0.2) is 17.1 Å². The molecule has 0 radical (unpaired) electrons. The van der Waals surface area contributed by atoms with E-state index < -0.39 is 12.2 Å². The van der Waals surface area contributed by atoms with Crippen LogP contribution in [0.4, 0.5) is 8.78 Å². The van der Waals surface area contributed by atoms with Crippen molar-refractivity contribution >= 4 is 11.6 Å². The second-order valence-electron chi connectivity index (χ2n) is 7.33. The summed E-state index contributed by atoms with van der Waals surface area (Å²) in [5, 5.41) is 4.18. The zero-order valence-corrected chi connectivity index (χ0v) is 15.5. The summed E-state index contributed by atoms with van der Waals surface area (Å²) in [4.78, 5) is 18.8. The van der Waals surface area contributed by atoms with Crippen LogP contribution in [-0.2, 0) is 14.4 Å². The fraction of sp³-hybridized carbons (Fsp3) is 0.579. The van der Waals surface area contributed by atoms with Crippen molar-refractivity contribution in [1.82, 2.24) is 4.90 Å². The summed E-state index contributed by atoms with van der Waals surface area (Å²) >= 11 is 0. The lowest BCUT2D eigenvalue weighted by molar-refractivity contribution is -0.128. The molecule has 1 amide bonds. The van der Waals surface area contributed by atoms with Crippen molar-refractivity contribution in [3.63, 3.8) is 0 Å². The second-order valence-corrected chi connectivity index (χ2v) is 7.33. The molecule has 4 rings (SSSR count).